The zero-order valence-corrected chi connectivity index (χ0v) is 17.6. The van der Waals surface area contributed by atoms with Gasteiger partial charge in [0.15, 0.2) is 0 Å². The number of rotatable bonds is 7. The smallest absolute Gasteiger partial charge is 0.258 e. The van der Waals surface area contributed by atoms with Crippen LogP contribution in [0.4, 0.5) is 0 Å². The van der Waals surface area contributed by atoms with Crippen molar-refractivity contribution in [1.82, 2.24) is 24.5 Å². The molecule has 0 N–H and O–H groups in total. The molecule has 7 nitrogen and oxygen atoms in total. The van der Waals surface area contributed by atoms with Crippen LogP contribution >= 0.6 is 11.6 Å². The van der Waals surface area contributed by atoms with Crippen LogP contribution in [0.2, 0.25) is 5.02 Å². The molecule has 0 aliphatic heterocycles. The van der Waals surface area contributed by atoms with Crippen molar-refractivity contribution in [3.8, 4) is 11.5 Å². The zero-order chi connectivity index (χ0) is 21.1. The average molecular weight is 424 g/mol. The van der Waals surface area contributed by atoms with Crippen LogP contribution in [-0.2, 0) is 13.1 Å². The van der Waals surface area contributed by atoms with Crippen LogP contribution in [0.5, 0.6) is 0 Å². The fraction of sp³-hybridized carbons (Fsp3) is 0.273. The van der Waals surface area contributed by atoms with Gasteiger partial charge in [0, 0.05) is 18.8 Å². The van der Waals surface area contributed by atoms with E-state index in [1.54, 1.807) is 22.7 Å². The molecule has 4 rings (SSSR count). The molecule has 4 aromatic rings. The van der Waals surface area contributed by atoms with Crippen molar-refractivity contribution in [2.45, 2.75) is 33.4 Å². The Morgan fingerprint density at radius 3 is 2.77 bits per heavy atom. The van der Waals surface area contributed by atoms with Gasteiger partial charge >= 0.3 is 0 Å². The van der Waals surface area contributed by atoms with Gasteiger partial charge < -0.3 is 4.42 Å². The predicted molar refractivity (Wildman–Crippen MR) is 115 cm³/mol. The molecule has 8 heteroatoms. The molecule has 0 radical (unpaired) electrons. The van der Waals surface area contributed by atoms with Crippen molar-refractivity contribution < 1.29 is 4.42 Å². The number of hydrogen-bond donors (Lipinski definition) is 0. The molecule has 0 saturated heterocycles. The Morgan fingerprint density at radius 2 is 1.97 bits per heavy atom. The van der Waals surface area contributed by atoms with E-state index in [4.69, 9.17) is 21.0 Å². The summed E-state index contributed by atoms with van der Waals surface area (Å²) < 4.78 is 7.41. The molecule has 0 bridgehead atoms. The molecule has 0 spiro atoms. The highest BCUT2D eigenvalue weighted by Gasteiger charge is 2.16. The minimum Gasteiger partial charge on any atom is -0.419 e. The summed E-state index contributed by atoms with van der Waals surface area (Å²) in [6.45, 7) is 5.82. The van der Waals surface area contributed by atoms with E-state index in [0.717, 1.165) is 18.5 Å². The summed E-state index contributed by atoms with van der Waals surface area (Å²) in [7, 11) is 0. The van der Waals surface area contributed by atoms with Gasteiger partial charge in [0.05, 0.1) is 22.8 Å². The zero-order valence-electron chi connectivity index (χ0n) is 16.9. The molecule has 3 heterocycles. The first kappa shape index (κ1) is 20.3. The van der Waals surface area contributed by atoms with Gasteiger partial charge in [-0.05, 0) is 43.7 Å². The van der Waals surface area contributed by atoms with Gasteiger partial charge in [0.2, 0.25) is 11.8 Å². The fourth-order valence-corrected chi connectivity index (χ4v) is 3.62. The van der Waals surface area contributed by atoms with Crippen molar-refractivity contribution in [1.29, 1.82) is 0 Å². The van der Waals surface area contributed by atoms with Crippen LogP contribution in [0.25, 0.3) is 17.1 Å². The SMILES string of the molecule is CCCN(Cc1cc(=O)n2cccc(C)c2n1)Cc1nnc(-c2ccccc2Cl)o1. The van der Waals surface area contributed by atoms with E-state index < -0.39 is 0 Å². The quantitative estimate of drug-likeness (QED) is 0.445. The third kappa shape index (κ3) is 4.27. The number of benzene rings is 1. The van der Waals surface area contributed by atoms with Gasteiger partial charge in [-0.25, -0.2) is 4.98 Å². The molecular formula is C22H22ClN5O2. The van der Waals surface area contributed by atoms with E-state index in [-0.39, 0.29) is 5.56 Å². The van der Waals surface area contributed by atoms with Crippen molar-refractivity contribution in [2.24, 2.45) is 0 Å². The topological polar surface area (TPSA) is 76.5 Å². The van der Waals surface area contributed by atoms with Crippen molar-refractivity contribution in [3.05, 3.63) is 81.2 Å². The van der Waals surface area contributed by atoms with Gasteiger partial charge in [-0.3, -0.25) is 14.1 Å². The maximum Gasteiger partial charge on any atom is 0.258 e. The van der Waals surface area contributed by atoms with Gasteiger partial charge in [0.25, 0.3) is 5.56 Å². The molecule has 0 fully saturated rings. The first-order valence-electron chi connectivity index (χ1n) is 9.82. The van der Waals surface area contributed by atoms with E-state index in [9.17, 15) is 4.79 Å². The average Bonchev–Trinajstić information content (AvgIpc) is 3.17. The van der Waals surface area contributed by atoms with Gasteiger partial charge in [-0.2, -0.15) is 0 Å². The van der Waals surface area contributed by atoms with E-state index in [1.807, 2.05) is 37.3 Å². The second-order valence-corrected chi connectivity index (χ2v) is 7.57. The first-order chi connectivity index (χ1) is 14.5. The van der Waals surface area contributed by atoms with Crippen LogP contribution in [-0.4, -0.2) is 31.0 Å². The monoisotopic (exact) mass is 423 g/mol. The second-order valence-electron chi connectivity index (χ2n) is 7.16. The number of nitrogens with zero attached hydrogens (tertiary/aromatic N) is 5. The van der Waals surface area contributed by atoms with E-state index in [1.165, 1.54) is 0 Å². The Kier molecular flexibility index (Phi) is 5.92. The third-order valence-electron chi connectivity index (χ3n) is 4.79. The predicted octanol–water partition coefficient (Wildman–Crippen LogP) is 4.12. The largest absolute Gasteiger partial charge is 0.419 e. The number of hydrogen-bond acceptors (Lipinski definition) is 6. The molecule has 0 amide bonds. The maximum absolute atomic E-state index is 12.5. The Morgan fingerprint density at radius 1 is 1.13 bits per heavy atom. The molecule has 0 atom stereocenters. The molecule has 0 aliphatic rings. The maximum atomic E-state index is 12.5. The van der Waals surface area contributed by atoms with E-state index >= 15 is 0 Å². The fourth-order valence-electron chi connectivity index (χ4n) is 3.40. The molecule has 0 saturated carbocycles. The lowest BCUT2D eigenvalue weighted by molar-refractivity contribution is 0.229. The standard InChI is InChI=1S/C22H22ClN5O2/c1-3-10-27(13-16-12-20(29)28-11-6-7-15(2)21(28)24-16)14-19-25-26-22(30-19)17-8-4-5-9-18(17)23/h4-9,11-12H,3,10,13-14H2,1-2H3. The summed E-state index contributed by atoms with van der Waals surface area (Å²) in [6.07, 6.45) is 2.68. The Hall–Kier alpha value is -3.03. The normalized spacial score (nSPS) is 11.5. The number of fused-ring (bicyclic) bond motifs is 1. The number of aryl methyl sites for hydroxylation is 1. The number of halogens is 1. The molecule has 3 aromatic heterocycles. The molecule has 1 aromatic carbocycles. The Labute approximate surface area is 179 Å². The van der Waals surface area contributed by atoms with Crippen molar-refractivity contribution >= 4 is 17.2 Å². The van der Waals surface area contributed by atoms with Crippen LogP contribution < -0.4 is 5.56 Å². The summed E-state index contributed by atoms with van der Waals surface area (Å²) in [5.41, 5.74) is 2.97. The molecular weight excluding hydrogens is 402 g/mol. The van der Waals surface area contributed by atoms with Crippen molar-refractivity contribution in [3.63, 3.8) is 0 Å². The summed E-state index contributed by atoms with van der Waals surface area (Å²) in [5, 5.41) is 8.88. The third-order valence-corrected chi connectivity index (χ3v) is 5.12. The highest BCUT2D eigenvalue weighted by Crippen LogP contribution is 2.26. The lowest BCUT2D eigenvalue weighted by atomic mass is 10.2. The van der Waals surface area contributed by atoms with Gasteiger partial charge in [-0.15, -0.1) is 10.2 Å². The molecule has 30 heavy (non-hydrogen) atoms. The lowest BCUT2D eigenvalue weighted by Crippen LogP contribution is -2.26. The highest BCUT2D eigenvalue weighted by atomic mass is 35.5. The van der Waals surface area contributed by atoms with E-state index in [2.05, 4.69) is 22.0 Å². The van der Waals surface area contributed by atoms with Gasteiger partial charge in [0.1, 0.15) is 5.65 Å². The summed E-state index contributed by atoms with van der Waals surface area (Å²) in [5.74, 6) is 0.886. The van der Waals surface area contributed by atoms with Crippen LogP contribution in [0.1, 0.15) is 30.5 Å². The summed E-state index contributed by atoms with van der Waals surface area (Å²) in [6, 6.07) is 12.7. The second kappa shape index (κ2) is 8.77. The molecule has 0 aliphatic carbocycles. The minimum absolute atomic E-state index is 0.0889. The number of pyridine rings is 1. The van der Waals surface area contributed by atoms with Crippen LogP contribution in [0, 0.1) is 6.92 Å². The summed E-state index contributed by atoms with van der Waals surface area (Å²) in [4.78, 5) is 19.3. The Balaban J connectivity index is 1.57. The minimum atomic E-state index is -0.0889. The summed E-state index contributed by atoms with van der Waals surface area (Å²) >= 11 is 6.23. The van der Waals surface area contributed by atoms with Gasteiger partial charge in [-0.1, -0.05) is 36.7 Å². The van der Waals surface area contributed by atoms with E-state index in [0.29, 0.717) is 46.8 Å². The van der Waals surface area contributed by atoms with Crippen LogP contribution in [0.15, 0.2) is 57.9 Å². The first-order valence-corrected chi connectivity index (χ1v) is 10.2. The molecule has 154 valence electrons. The van der Waals surface area contributed by atoms with Crippen LogP contribution in [0.3, 0.4) is 0 Å². The number of aromatic nitrogens is 4. The highest BCUT2D eigenvalue weighted by molar-refractivity contribution is 6.33. The Bertz CT molecular complexity index is 1230. The lowest BCUT2D eigenvalue weighted by Gasteiger charge is -2.19. The van der Waals surface area contributed by atoms with Crippen molar-refractivity contribution in [2.75, 3.05) is 6.54 Å². The molecule has 0 unspecified atom stereocenters.